The van der Waals surface area contributed by atoms with E-state index in [9.17, 15) is 4.79 Å². The predicted molar refractivity (Wildman–Crippen MR) is 44.0 cm³/mol. The van der Waals surface area contributed by atoms with E-state index in [1.54, 1.807) is 0 Å². The van der Waals surface area contributed by atoms with Gasteiger partial charge in [-0.05, 0) is 33.4 Å². The minimum atomic E-state index is -0.130. The fourth-order valence-electron chi connectivity index (χ4n) is 1.69. The summed E-state index contributed by atoms with van der Waals surface area (Å²) in [4.78, 5) is 12.9. The molecule has 2 atom stereocenters. The molecule has 0 radical (unpaired) electrons. The number of amides is 1. The van der Waals surface area contributed by atoms with Crippen LogP contribution in [0, 0.1) is 5.92 Å². The molecule has 0 aliphatic heterocycles. The molecule has 1 aliphatic rings. The van der Waals surface area contributed by atoms with Crippen LogP contribution in [0.1, 0.15) is 19.3 Å². The second-order valence-electron chi connectivity index (χ2n) is 3.53. The van der Waals surface area contributed by atoms with Crippen LogP contribution in [0.25, 0.3) is 0 Å². The van der Waals surface area contributed by atoms with Crippen molar-refractivity contribution in [2.24, 2.45) is 11.7 Å². The summed E-state index contributed by atoms with van der Waals surface area (Å²) in [5, 5.41) is 0. The van der Waals surface area contributed by atoms with Crippen molar-refractivity contribution in [3.8, 4) is 0 Å². The van der Waals surface area contributed by atoms with Gasteiger partial charge in [-0.3, -0.25) is 4.79 Å². The molecule has 1 fully saturated rings. The molecule has 0 heterocycles. The first-order valence-electron chi connectivity index (χ1n) is 4.07. The third-order valence-corrected chi connectivity index (χ3v) is 2.54. The number of nitrogens with two attached hydrogens (primary N) is 1. The normalized spacial score (nSPS) is 31.2. The van der Waals surface area contributed by atoms with Crippen molar-refractivity contribution in [3.05, 3.63) is 0 Å². The third kappa shape index (κ3) is 1.93. The van der Waals surface area contributed by atoms with Gasteiger partial charge < -0.3 is 10.6 Å². The highest BCUT2D eigenvalue weighted by atomic mass is 16.1. The number of rotatable bonds is 2. The molecule has 1 aliphatic carbocycles. The lowest BCUT2D eigenvalue weighted by Gasteiger charge is -2.18. The molecule has 0 aromatic heterocycles. The van der Waals surface area contributed by atoms with Gasteiger partial charge in [0, 0.05) is 12.0 Å². The Morgan fingerprint density at radius 1 is 1.45 bits per heavy atom. The molecule has 64 valence electrons. The van der Waals surface area contributed by atoms with E-state index in [0.717, 1.165) is 19.3 Å². The number of primary amides is 1. The molecule has 0 aromatic carbocycles. The van der Waals surface area contributed by atoms with Crippen LogP contribution in [0.4, 0.5) is 0 Å². The molecule has 2 N–H and O–H groups in total. The highest BCUT2D eigenvalue weighted by Crippen LogP contribution is 2.27. The summed E-state index contributed by atoms with van der Waals surface area (Å²) >= 11 is 0. The minimum absolute atomic E-state index is 0.127. The Bertz CT molecular complexity index is 156. The van der Waals surface area contributed by atoms with Crippen molar-refractivity contribution >= 4 is 5.91 Å². The van der Waals surface area contributed by atoms with Gasteiger partial charge in [0.05, 0.1) is 0 Å². The fourth-order valence-corrected chi connectivity index (χ4v) is 1.69. The second kappa shape index (κ2) is 3.22. The predicted octanol–water partition coefficient (Wildman–Crippen LogP) is 0.202. The van der Waals surface area contributed by atoms with E-state index in [2.05, 4.69) is 4.90 Å². The van der Waals surface area contributed by atoms with Gasteiger partial charge in [-0.15, -0.1) is 0 Å². The molecule has 1 saturated carbocycles. The van der Waals surface area contributed by atoms with Gasteiger partial charge in [-0.2, -0.15) is 0 Å². The maximum Gasteiger partial charge on any atom is 0.220 e. The Labute approximate surface area is 67.5 Å². The molecule has 3 heteroatoms. The Morgan fingerprint density at radius 3 is 2.36 bits per heavy atom. The van der Waals surface area contributed by atoms with Crippen molar-refractivity contribution < 1.29 is 4.79 Å². The molecule has 2 unspecified atom stereocenters. The van der Waals surface area contributed by atoms with Gasteiger partial charge >= 0.3 is 0 Å². The molecule has 0 spiro atoms. The molecule has 11 heavy (non-hydrogen) atoms. The molecule has 1 rings (SSSR count). The van der Waals surface area contributed by atoms with Gasteiger partial charge in [0.2, 0.25) is 5.91 Å². The summed E-state index contributed by atoms with van der Waals surface area (Å²) in [5.41, 5.74) is 5.20. The first kappa shape index (κ1) is 8.53. The lowest BCUT2D eigenvalue weighted by atomic mass is 10.1. The van der Waals surface area contributed by atoms with Crippen molar-refractivity contribution in [1.29, 1.82) is 0 Å². The van der Waals surface area contributed by atoms with Crippen LogP contribution in [0.15, 0.2) is 0 Å². The largest absolute Gasteiger partial charge is 0.369 e. The average Bonchev–Trinajstić information content (AvgIpc) is 2.33. The van der Waals surface area contributed by atoms with Crippen LogP contribution in [0.5, 0.6) is 0 Å². The molecule has 0 aromatic rings. The lowest BCUT2D eigenvalue weighted by molar-refractivity contribution is -0.121. The maximum absolute atomic E-state index is 10.8. The van der Waals surface area contributed by atoms with E-state index in [-0.39, 0.29) is 11.8 Å². The summed E-state index contributed by atoms with van der Waals surface area (Å²) in [5.74, 6) is -0.00301. The molecule has 0 bridgehead atoms. The molecule has 0 saturated heterocycles. The number of hydrogen-bond acceptors (Lipinski definition) is 2. The Morgan fingerprint density at radius 2 is 2.09 bits per heavy atom. The molecular formula is C8H16N2O. The summed E-state index contributed by atoms with van der Waals surface area (Å²) in [6, 6.07) is 0.562. The summed E-state index contributed by atoms with van der Waals surface area (Å²) in [6.45, 7) is 0. The van der Waals surface area contributed by atoms with Crippen LogP contribution >= 0.6 is 0 Å². The van der Waals surface area contributed by atoms with Crippen molar-refractivity contribution in [2.75, 3.05) is 14.1 Å². The zero-order valence-electron chi connectivity index (χ0n) is 7.21. The highest BCUT2D eigenvalue weighted by Gasteiger charge is 2.29. The summed E-state index contributed by atoms with van der Waals surface area (Å²) in [7, 11) is 4.10. The fraction of sp³-hybridized carbons (Fsp3) is 0.875. The first-order valence-corrected chi connectivity index (χ1v) is 4.07. The third-order valence-electron chi connectivity index (χ3n) is 2.54. The zero-order chi connectivity index (χ0) is 8.43. The number of hydrogen-bond donors (Lipinski definition) is 1. The van der Waals surface area contributed by atoms with E-state index in [0.29, 0.717) is 6.04 Å². The van der Waals surface area contributed by atoms with E-state index in [1.807, 2.05) is 14.1 Å². The quantitative estimate of drug-likeness (QED) is 0.621. The minimum Gasteiger partial charge on any atom is -0.369 e. The SMILES string of the molecule is CN(C)C1CCC(C(N)=O)C1. The monoisotopic (exact) mass is 156 g/mol. The van der Waals surface area contributed by atoms with E-state index < -0.39 is 0 Å². The maximum atomic E-state index is 10.8. The molecule has 1 amide bonds. The van der Waals surface area contributed by atoms with Gasteiger partial charge in [-0.1, -0.05) is 0 Å². The zero-order valence-corrected chi connectivity index (χ0v) is 7.21. The average molecular weight is 156 g/mol. The number of carbonyl (C=O) groups is 1. The van der Waals surface area contributed by atoms with Crippen LogP contribution in [-0.2, 0) is 4.79 Å². The van der Waals surface area contributed by atoms with Crippen molar-refractivity contribution in [2.45, 2.75) is 25.3 Å². The number of nitrogens with zero attached hydrogens (tertiary/aromatic N) is 1. The first-order chi connectivity index (χ1) is 5.11. The highest BCUT2D eigenvalue weighted by molar-refractivity contribution is 5.76. The van der Waals surface area contributed by atoms with Crippen LogP contribution in [-0.4, -0.2) is 30.9 Å². The molecule has 3 nitrogen and oxygen atoms in total. The van der Waals surface area contributed by atoms with Crippen LogP contribution < -0.4 is 5.73 Å². The lowest BCUT2D eigenvalue weighted by Crippen LogP contribution is -2.27. The second-order valence-corrected chi connectivity index (χ2v) is 3.53. The van der Waals surface area contributed by atoms with Gasteiger partial charge in [0.1, 0.15) is 0 Å². The smallest absolute Gasteiger partial charge is 0.220 e. The Balaban J connectivity index is 2.41. The van der Waals surface area contributed by atoms with E-state index >= 15 is 0 Å². The van der Waals surface area contributed by atoms with Gasteiger partial charge in [0.15, 0.2) is 0 Å². The standard InChI is InChI=1S/C8H16N2O/c1-10(2)7-4-3-6(5-7)8(9)11/h6-7H,3-5H2,1-2H3,(H2,9,11). The van der Waals surface area contributed by atoms with E-state index in [4.69, 9.17) is 5.73 Å². The summed E-state index contributed by atoms with van der Waals surface area (Å²) < 4.78 is 0. The Hall–Kier alpha value is -0.570. The van der Waals surface area contributed by atoms with Crippen LogP contribution in [0.2, 0.25) is 0 Å². The van der Waals surface area contributed by atoms with Crippen LogP contribution in [0.3, 0.4) is 0 Å². The number of carbonyl (C=O) groups excluding carboxylic acids is 1. The topological polar surface area (TPSA) is 46.3 Å². The van der Waals surface area contributed by atoms with Crippen molar-refractivity contribution in [1.82, 2.24) is 4.90 Å². The summed E-state index contributed by atoms with van der Waals surface area (Å²) in [6.07, 6.45) is 3.03. The van der Waals surface area contributed by atoms with E-state index in [1.165, 1.54) is 0 Å². The van der Waals surface area contributed by atoms with Crippen molar-refractivity contribution in [3.63, 3.8) is 0 Å². The molecular weight excluding hydrogens is 140 g/mol. The Kier molecular flexibility index (Phi) is 2.49. The van der Waals surface area contributed by atoms with Gasteiger partial charge in [-0.25, -0.2) is 0 Å². The van der Waals surface area contributed by atoms with Gasteiger partial charge in [0.25, 0.3) is 0 Å².